The first-order chi connectivity index (χ1) is 11.2. The van der Waals surface area contributed by atoms with Crippen LogP contribution in [0.3, 0.4) is 0 Å². The molecular formula is C18H21NO3S. The monoisotopic (exact) mass is 331 g/mol. The van der Waals surface area contributed by atoms with Crippen LogP contribution in [0.2, 0.25) is 0 Å². The molecule has 0 aromatic heterocycles. The minimum absolute atomic E-state index is 0.0262. The van der Waals surface area contributed by atoms with Gasteiger partial charge in [-0.1, -0.05) is 18.2 Å². The van der Waals surface area contributed by atoms with Gasteiger partial charge >= 0.3 is 0 Å². The minimum Gasteiger partial charge on any atom is -0.508 e. The van der Waals surface area contributed by atoms with Gasteiger partial charge in [-0.15, -0.1) is 11.8 Å². The van der Waals surface area contributed by atoms with Crippen LogP contribution < -0.4 is 5.32 Å². The summed E-state index contributed by atoms with van der Waals surface area (Å²) in [6, 6.07) is 10.9. The van der Waals surface area contributed by atoms with Gasteiger partial charge in [0.2, 0.25) is 5.91 Å². The summed E-state index contributed by atoms with van der Waals surface area (Å²) >= 11 is 1.61. The molecule has 0 saturated carbocycles. The van der Waals surface area contributed by atoms with Crippen LogP contribution in [0, 0.1) is 0 Å². The lowest BCUT2D eigenvalue weighted by molar-refractivity contribution is -0.113. The number of anilines is 1. The van der Waals surface area contributed by atoms with E-state index in [1.165, 1.54) is 6.42 Å². The Morgan fingerprint density at radius 2 is 2.22 bits per heavy atom. The summed E-state index contributed by atoms with van der Waals surface area (Å²) in [5.41, 5.74) is 0.734. The van der Waals surface area contributed by atoms with Gasteiger partial charge in [0.05, 0.1) is 11.9 Å². The predicted octanol–water partition coefficient (Wildman–Crippen LogP) is 3.79. The summed E-state index contributed by atoms with van der Waals surface area (Å²) in [7, 11) is 0. The van der Waals surface area contributed by atoms with Gasteiger partial charge in [0.15, 0.2) is 0 Å². The van der Waals surface area contributed by atoms with Gasteiger partial charge in [-0.3, -0.25) is 4.79 Å². The molecule has 0 aliphatic carbocycles. The molecule has 2 aromatic carbocycles. The molecule has 23 heavy (non-hydrogen) atoms. The topological polar surface area (TPSA) is 58.6 Å². The number of hydrogen-bond acceptors (Lipinski definition) is 4. The van der Waals surface area contributed by atoms with E-state index >= 15 is 0 Å². The Morgan fingerprint density at radius 3 is 3.04 bits per heavy atom. The molecule has 0 radical (unpaired) electrons. The number of thioether (sulfide) groups is 1. The lowest BCUT2D eigenvalue weighted by Crippen LogP contribution is -2.23. The summed E-state index contributed by atoms with van der Waals surface area (Å²) in [6.07, 6.45) is 3.75. The Kier molecular flexibility index (Phi) is 5.41. The number of ether oxygens (including phenoxy) is 1. The highest BCUT2D eigenvalue weighted by Crippen LogP contribution is 2.27. The second-order valence-corrected chi connectivity index (χ2v) is 6.79. The number of carbonyl (C=O) groups excluding carboxylic acids is 1. The molecule has 2 N–H and O–H groups in total. The highest BCUT2D eigenvalue weighted by Gasteiger charge is 2.14. The van der Waals surface area contributed by atoms with Crippen molar-refractivity contribution in [2.45, 2.75) is 25.4 Å². The SMILES string of the molecule is O=C(CSCC1CCCCO1)Nc1cccc2ccc(O)cc12. The molecular weight excluding hydrogens is 310 g/mol. The van der Waals surface area contributed by atoms with E-state index in [9.17, 15) is 9.90 Å². The smallest absolute Gasteiger partial charge is 0.234 e. The van der Waals surface area contributed by atoms with Crippen molar-refractivity contribution in [3.05, 3.63) is 36.4 Å². The fourth-order valence-electron chi connectivity index (χ4n) is 2.78. The molecule has 4 nitrogen and oxygen atoms in total. The summed E-state index contributed by atoms with van der Waals surface area (Å²) in [6.45, 7) is 0.844. The van der Waals surface area contributed by atoms with E-state index < -0.39 is 0 Å². The quantitative estimate of drug-likeness (QED) is 0.875. The molecule has 0 bridgehead atoms. The molecule has 1 heterocycles. The second kappa shape index (κ2) is 7.70. The molecule has 1 aliphatic rings. The third-order valence-electron chi connectivity index (χ3n) is 3.95. The molecule has 1 amide bonds. The van der Waals surface area contributed by atoms with Crippen molar-refractivity contribution < 1.29 is 14.6 Å². The first-order valence-electron chi connectivity index (χ1n) is 7.93. The number of carbonyl (C=O) groups is 1. The van der Waals surface area contributed by atoms with Crippen molar-refractivity contribution in [3.8, 4) is 5.75 Å². The van der Waals surface area contributed by atoms with E-state index in [1.807, 2.05) is 24.3 Å². The zero-order chi connectivity index (χ0) is 16.1. The van der Waals surface area contributed by atoms with Crippen LogP contribution in [0.4, 0.5) is 5.69 Å². The summed E-state index contributed by atoms with van der Waals surface area (Å²) < 4.78 is 5.67. The summed E-state index contributed by atoms with van der Waals surface area (Å²) in [5.74, 6) is 1.45. The second-order valence-electron chi connectivity index (χ2n) is 5.76. The Balaban J connectivity index is 1.56. The molecule has 1 saturated heterocycles. The number of hydrogen-bond donors (Lipinski definition) is 2. The molecule has 122 valence electrons. The number of benzene rings is 2. The predicted molar refractivity (Wildman–Crippen MR) is 95.2 cm³/mol. The van der Waals surface area contributed by atoms with Gasteiger partial charge in [-0.05, 0) is 42.8 Å². The van der Waals surface area contributed by atoms with Crippen LogP contribution in [0.1, 0.15) is 19.3 Å². The summed E-state index contributed by atoms with van der Waals surface area (Å²) in [5, 5.41) is 14.4. The van der Waals surface area contributed by atoms with E-state index in [1.54, 1.807) is 23.9 Å². The van der Waals surface area contributed by atoms with Crippen LogP contribution in [0.15, 0.2) is 36.4 Å². The first kappa shape index (κ1) is 16.1. The van der Waals surface area contributed by atoms with Gasteiger partial charge in [-0.2, -0.15) is 0 Å². The molecule has 3 rings (SSSR count). The normalized spacial score (nSPS) is 18.0. The Bertz CT molecular complexity index is 683. The highest BCUT2D eigenvalue weighted by molar-refractivity contribution is 8.00. The number of amides is 1. The van der Waals surface area contributed by atoms with Crippen molar-refractivity contribution in [1.29, 1.82) is 0 Å². The Labute approximate surface area is 140 Å². The number of phenols is 1. The molecule has 2 aromatic rings. The number of rotatable bonds is 5. The lowest BCUT2D eigenvalue weighted by atomic mass is 10.1. The molecule has 1 fully saturated rings. The van der Waals surface area contributed by atoms with Crippen LogP contribution in [-0.4, -0.2) is 35.2 Å². The van der Waals surface area contributed by atoms with E-state index in [4.69, 9.17) is 4.74 Å². The zero-order valence-corrected chi connectivity index (χ0v) is 13.8. The van der Waals surface area contributed by atoms with Crippen LogP contribution in [0.25, 0.3) is 10.8 Å². The number of phenolic OH excluding ortho intramolecular Hbond substituents is 1. The maximum Gasteiger partial charge on any atom is 0.234 e. The number of nitrogens with one attached hydrogen (secondary N) is 1. The first-order valence-corrected chi connectivity index (χ1v) is 9.09. The highest BCUT2D eigenvalue weighted by atomic mass is 32.2. The zero-order valence-electron chi connectivity index (χ0n) is 13.0. The molecule has 5 heteroatoms. The minimum atomic E-state index is -0.0262. The fourth-order valence-corrected chi connectivity index (χ4v) is 3.68. The van der Waals surface area contributed by atoms with Crippen LogP contribution in [-0.2, 0) is 9.53 Å². The third kappa shape index (κ3) is 4.39. The molecule has 0 spiro atoms. The fraction of sp³-hybridized carbons (Fsp3) is 0.389. The van der Waals surface area contributed by atoms with Gasteiger partial charge in [0.1, 0.15) is 5.75 Å². The molecule has 1 unspecified atom stereocenters. The van der Waals surface area contributed by atoms with Crippen LogP contribution in [0.5, 0.6) is 5.75 Å². The van der Waals surface area contributed by atoms with Gasteiger partial charge in [-0.25, -0.2) is 0 Å². The number of aromatic hydroxyl groups is 1. The van der Waals surface area contributed by atoms with E-state index in [0.717, 1.165) is 41.7 Å². The van der Waals surface area contributed by atoms with Gasteiger partial charge < -0.3 is 15.2 Å². The summed E-state index contributed by atoms with van der Waals surface area (Å²) in [4.78, 5) is 12.1. The lowest BCUT2D eigenvalue weighted by Gasteiger charge is -2.21. The Hall–Kier alpha value is -1.72. The van der Waals surface area contributed by atoms with E-state index in [2.05, 4.69) is 5.32 Å². The van der Waals surface area contributed by atoms with Crippen LogP contribution >= 0.6 is 11.8 Å². The van der Waals surface area contributed by atoms with Crippen molar-refractivity contribution in [1.82, 2.24) is 0 Å². The average molecular weight is 331 g/mol. The number of fused-ring (bicyclic) bond motifs is 1. The largest absolute Gasteiger partial charge is 0.508 e. The maximum atomic E-state index is 12.1. The van der Waals surface area contributed by atoms with Crippen molar-refractivity contribution in [3.63, 3.8) is 0 Å². The molecule has 1 atom stereocenters. The van der Waals surface area contributed by atoms with Crippen molar-refractivity contribution in [2.24, 2.45) is 0 Å². The maximum absolute atomic E-state index is 12.1. The Morgan fingerprint density at radius 1 is 1.30 bits per heavy atom. The van der Waals surface area contributed by atoms with Gasteiger partial charge in [0, 0.05) is 23.4 Å². The van der Waals surface area contributed by atoms with Crippen molar-refractivity contribution in [2.75, 3.05) is 23.4 Å². The van der Waals surface area contributed by atoms with E-state index in [-0.39, 0.29) is 17.8 Å². The third-order valence-corrected chi connectivity index (χ3v) is 5.02. The van der Waals surface area contributed by atoms with E-state index in [0.29, 0.717) is 5.75 Å². The molecule has 1 aliphatic heterocycles. The van der Waals surface area contributed by atoms with Crippen molar-refractivity contribution >= 4 is 34.1 Å². The van der Waals surface area contributed by atoms with Gasteiger partial charge in [0.25, 0.3) is 0 Å². The standard InChI is InChI=1S/C18H21NO3S/c20-14-8-7-13-4-3-6-17(16(13)10-14)19-18(21)12-23-11-15-5-1-2-9-22-15/h3-4,6-8,10,15,20H,1-2,5,9,11-12H2,(H,19,21). The average Bonchev–Trinajstić information content (AvgIpc) is 2.56.